The van der Waals surface area contributed by atoms with Crippen molar-refractivity contribution in [1.29, 1.82) is 0 Å². The van der Waals surface area contributed by atoms with Gasteiger partial charge in [-0.3, -0.25) is 13.8 Å². The quantitative estimate of drug-likeness (QED) is 0.723. The van der Waals surface area contributed by atoms with Crippen LogP contribution in [0.3, 0.4) is 0 Å². The Bertz CT molecular complexity index is 666. The summed E-state index contributed by atoms with van der Waals surface area (Å²) in [6.45, 7) is 3.97. The van der Waals surface area contributed by atoms with Crippen LogP contribution in [0.5, 0.6) is 0 Å². The van der Waals surface area contributed by atoms with Crippen molar-refractivity contribution < 1.29 is 23.6 Å². The molecule has 0 saturated carbocycles. The van der Waals surface area contributed by atoms with Gasteiger partial charge in [0.15, 0.2) is 0 Å². The maximum absolute atomic E-state index is 13.0. The van der Waals surface area contributed by atoms with Gasteiger partial charge in [-0.25, -0.2) is 0 Å². The van der Waals surface area contributed by atoms with Gasteiger partial charge in [0.25, 0.3) is 5.91 Å². The number of carbonyl (C=O) groups excluding carboxylic acids is 1. The first-order valence-corrected chi connectivity index (χ1v) is 10.5. The van der Waals surface area contributed by atoms with E-state index in [0.29, 0.717) is 22.9 Å². The molecule has 1 aromatic rings. The normalized spacial score (nSPS) is 22.9. The Morgan fingerprint density at radius 1 is 1.38 bits per heavy atom. The van der Waals surface area contributed by atoms with E-state index in [1.165, 1.54) is 0 Å². The molecule has 1 heterocycles. The van der Waals surface area contributed by atoms with Gasteiger partial charge in [0, 0.05) is 33.4 Å². The van der Waals surface area contributed by atoms with Gasteiger partial charge < -0.3 is 14.7 Å². The predicted molar refractivity (Wildman–Crippen MR) is 101 cm³/mol. The molecule has 8 heteroatoms. The number of nitrogens with zero attached hydrogens (tertiary/aromatic N) is 1. The van der Waals surface area contributed by atoms with Crippen molar-refractivity contribution in [3.05, 3.63) is 34.9 Å². The Balaban J connectivity index is 2.35. The monoisotopic (exact) mass is 401 g/mol. The number of carboxylic acids is 1. The molecule has 0 spiro atoms. The highest BCUT2D eigenvalue weighted by Gasteiger charge is 2.41. The zero-order valence-corrected chi connectivity index (χ0v) is 16.5. The minimum absolute atomic E-state index is 0.195. The van der Waals surface area contributed by atoms with Crippen molar-refractivity contribution in [2.24, 2.45) is 0 Å². The number of rotatable bonds is 8. The van der Waals surface area contributed by atoms with E-state index in [4.69, 9.17) is 21.4 Å². The third-order valence-corrected chi connectivity index (χ3v) is 6.15. The second-order valence-electron chi connectivity index (χ2n) is 6.19. The van der Waals surface area contributed by atoms with Gasteiger partial charge in [0.1, 0.15) is 6.10 Å². The van der Waals surface area contributed by atoms with Crippen LogP contribution in [0.25, 0.3) is 0 Å². The summed E-state index contributed by atoms with van der Waals surface area (Å²) in [4.78, 5) is 25.7. The van der Waals surface area contributed by atoms with E-state index in [1.54, 1.807) is 17.0 Å². The van der Waals surface area contributed by atoms with Gasteiger partial charge in [0.05, 0.1) is 19.1 Å². The molecule has 0 aliphatic carbocycles. The second kappa shape index (κ2) is 9.48. The predicted octanol–water partition coefficient (Wildman–Crippen LogP) is 2.63. The lowest BCUT2D eigenvalue weighted by atomic mass is 9.99. The first kappa shape index (κ1) is 20.9. The highest BCUT2D eigenvalue weighted by molar-refractivity contribution is 7.84. The van der Waals surface area contributed by atoms with Gasteiger partial charge in [-0.15, -0.1) is 0 Å². The van der Waals surface area contributed by atoms with Crippen molar-refractivity contribution >= 4 is 34.3 Å². The number of aliphatic carboxylic acids is 1. The number of carbonyl (C=O) groups is 2. The average Bonchev–Trinajstić information content (AvgIpc) is 2.62. The summed E-state index contributed by atoms with van der Waals surface area (Å²) in [5.74, 6) is -0.570. The molecule has 0 bridgehead atoms. The Labute approximate surface area is 160 Å². The van der Waals surface area contributed by atoms with Gasteiger partial charge in [-0.1, -0.05) is 37.6 Å². The fourth-order valence-corrected chi connectivity index (χ4v) is 4.27. The summed E-state index contributed by atoms with van der Waals surface area (Å²) in [6, 6.07) is 6.55. The number of hydrogen-bond acceptors (Lipinski definition) is 4. The SMILES string of the molecule is CCC(CS(=O)CC)N1C(=O)C(CC(=O)O)OCC1c1ccc(Cl)cc1. The minimum atomic E-state index is -1.08. The molecule has 1 saturated heterocycles. The van der Waals surface area contributed by atoms with Crippen LogP contribution in [-0.4, -0.2) is 56.4 Å². The molecule has 1 aromatic carbocycles. The summed E-state index contributed by atoms with van der Waals surface area (Å²) in [5.41, 5.74) is 0.859. The van der Waals surface area contributed by atoms with Crippen LogP contribution in [0, 0.1) is 0 Å². The summed E-state index contributed by atoms with van der Waals surface area (Å²) in [6.07, 6.45) is -0.766. The molecule has 1 amide bonds. The molecule has 6 nitrogen and oxygen atoms in total. The summed E-state index contributed by atoms with van der Waals surface area (Å²) in [7, 11) is -1.04. The van der Waals surface area contributed by atoms with E-state index in [-0.39, 0.29) is 31.0 Å². The number of morpholine rings is 1. The van der Waals surface area contributed by atoms with Gasteiger partial charge in [0.2, 0.25) is 0 Å². The average molecular weight is 402 g/mol. The Kier molecular flexibility index (Phi) is 7.61. The van der Waals surface area contributed by atoms with Crippen molar-refractivity contribution in [3.63, 3.8) is 0 Å². The van der Waals surface area contributed by atoms with Crippen LogP contribution in [-0.2, 0) is 25.1 Å². The van der Waals surface area contributed by atoms with E-state index in [2.05, 4.69) is 0 Å². The summed E-state index contributed by atoms with van der Waals surface area (Å²) >= 11 is 5.96. The van der Waals surface area contributed by atoms with E-state index in [9.17, 15) is 13.8 Å². The Hall–Kier alpha value is -1.44. The number of ether oxygens (including phenoxy) is 1. The van der Waals surface area contributed by atoms with Crippen LogP contribution in [0.2, 0.25) is 5.02 Å². The first-order chi connectivity index (χ1) is 12.4. The molecule has 4 atom stereocenters. The molecular weight excluding hydrogens is 378 g/mol. The van der Waals surface area contributed by atoms with Gasteiger partial charge >= 0.3 is 5.97 Å². The molecule has 2 rings (SSSR count). The topological polar surface area (TPSA) is 83.9 Å². The van der Waals surface area contributed by atoms with Crippen LogP contribution in [0.15, 0.2) is 24.3 Å². The molecular formula is C18H24ClNO5S. The Morgan fingerprint density at radius 3 is 2.58 bits per heavy atom. The second-order valence-corrected chi connectivity index (χ2v) is 8.42. The van der Waals surface area contributed by atoms with Gasteiger partial charge in [-0.2, -0.15) is 0 Å². The van der Waals surface area contributed by atoms with Crippen molar-refractivity contribution in [3.8, 4) is 0 Å². The smallest absolute Gasteiger partial charge is 0.306 e. The number of amides is 1. The molecule has 4 unspecified atom stereocenters. The zero-order valence-electron chi connectivity index (χ0n) is 14.9. The van der Waals surface area contributed by atoms with Crippen molar-refractivity contribution in [2.75, 3.05) is 18.1 Å². The lowest BCUT2D eigenvalue weighted by molar-refractivity contribution is -0.168. The lowest BCUT2D eigenvalue weighted by Crippen LogP contribution is -2.55. The largest absolute Gasteiger partial charge is 0.481 e. The standard InChI is InChI=1S/C18H24ClNO5S/c1-3-14(11-26(24)4-2)20-15(12-5-7-13(19)8-6-12)10-25-16(18(20)23)9-17(21)22/h5-8,14-16H,3-4,9-11H2,1-2H3,(H,21,22). The van der Waals surface area contributed by atoms with Crippen molar-refractivity contribution in [1.82, 2.24) is 4.90 Å². The van der Waals surface area contributed by atoms with Crippen LogP contribution >= 0.6 is 11.6 Å². The Morgan fingerprint density at radius 2 is 2.04 bits per heavy atom. The highest BCUT2D eigenvalue weighted by atomic mass is 35.5. The van der Waals surface area contributed by atoms with E-state index < -0.39 is 22.9 Å². The van der Waals surface area contributed by atoms with Crippen molar-refractivity contribution in [2.45, 2.75) is 44.9 Å². The van der Waals surface area contributed by atoms with E-state index in [1.807, 2.05) is 26.0 Å². The molecule has 26 heavy (non-hydrogen) atoms. The molecule has 1 fully saturated rings. The fourth-order valence-electron chi connectivity index (χ4n) is 3.09. The third kappa shape index (κ3) is 5.05. The lowest BCUT2D eigenvalue weighted by Gasteiger charge is -2.43. The number of benzene rings is 1. The zero-order chi connectivity index (χ0) is 19.3. The fraction of sp³-hybridized carbons (Fsp3) is 0.556. The third-order valence-electron chi connectivity index (χ3n) is 4.50. The molecule has 144 valence electrons. The van der Waals surface area contributed by atoms with E-state index in [0.717, 1.165) is 5.56 Å². The summed E-state index contributed by atoms with van der Waals surface area (Å²) < 4.78 is 17.7. The van der Waals surface area contributed by atoms with Crippen LogP contribution in [0.1, 0.15) is 38.3 Å². The molecule has 1 aliphatic heterocycles. The highest BCUT2D eigenvalue weighted by Crippen LogP contribution is 2.32. The minimum Gasteiger partial charge on any atom is -0.481 e. The van der Waals surface area contributed by atoms with E-state index >= 15 is 0 Å². The number of hydrogen-bond donors (Lipinski definition) is 1. The molecule has 1 aliphatic rings. The van der Waals surface area contributed by atoms with Crippen LogP contribution < -0.4 is 0 Å². The maximum atomic E-state index is 13.0. The van der Waals surface area contributed by atoms with Gasteiger partial charge in [-0.05, 0) is 24.1 Å². The number of halogens is 1. The molecule has 1 N–H and O–H groups in total. The molecule has 0 radical (unpaired) electrons. The summed E-state index contributed by atoms with van der Waals surface area (Å²) in [5, 5.41) is 9.64. The maximum Gasteiger partial charge on any atom is 0.306 e. The van der Waals surface area contributed by atoms with Crippen LogP contribution in [0.4, 0.5) is 0 Å². The molecule has 0 aromatic heterocycles. The number of carboxylic acid groups (broad SMARTS) is 1. The first-order valence-electron chi connectivity index (χ1n) is 8.63.